The van der Waals surface area contributed by atoms with Gasteiger partial charge in [0.2, 0.25) is 0 Å². The Morgan fingerprint density at radius 1 is 1.18 bits per heavy atom. The van der Waals surface area contributed by atoms with Crippen LogP contribution in [-0.2, 0) is 14.3 Å². The number of esters is 1. The molecule has 11 nitrogen and oxygen atoms in total. The van der Waals surface area contributed by atoms with E-state index in [0.717, 1.165) is 7.14 Å². The third kappa shape index (κ3) is 8.09. The average molecular weight is 774 g/mol. The normalized spacial score (nSPS) is 14.7. The van der Waals surface area contributed by atoms with Crippen LogP contribution in [0.4, 0.5) is 4.79 Å². The van der Waals surface area contributed by atoms with Gasteiger partial charge >= 0.3 is 12.0 Å². The molecule has 0 unspecified atom stereocenters. The molecule has 0 fully saturated rings. The number of hydrogen-bond acceptors (Lipinski definition) is 8. The van der Waals surface area contributed by atoms with Gasteiger partial charge in [0.25, 0.3) is 5.91 Å². The summed E-state index contributed by atoms with van der Waals surface area (Å²) in [5.41, 5.74) is 4.37. The number of carbonyl (C=O) groups is 3. The van der Waals surface area contributed by atoms with Crippen molar-refractivity contribution in [2.45, 2.75) is 19.9 Å². The molecular weight excluding hydrogens is 746 g/mol. The fourth-order valence-corrected chi connectivity index (χ4v) is 5.77. The number of urea groups is 1. The summed E-state index contributed by atoms with van der Waals surface area (Å²) in [4.78, 5) is 37.1. The lowest BCUT2D eigenvalue weighted by Gasteiger charge is -2.28. The Labute approximate surface area is 259 Å². The lowest BCUT2D eigenvalue weighted by Crippen LogP contribution is -2.45. The molecular formula is C27H28I2N4O7. The minimum atomic E-state index is -0.766. The van der Waals surface area contributed by atoms with Gasteiger partial charge in [-0.25, -0.2) is 15.0 Å². The fraction of sp³-hybridized carbons (Fsp3) is 0.259. The van der Waals surface area contributed by atoms with Crippen LogP contribution in [-0.4, -0.2) is 51.1 Å². The van der Waals surface area contributed by atoms with Crippen molar-refractivity contribution in [1.29, 1.82) is 0 Å². The molecule has 0 aromatic heterocycles. The predicted molar refractivity (Wildman–Crippen MR) is 166 cm³/mol. The summed E-state index contributed by atoms with van der Waals surface area (Å²) in [6.07, 6.45) is 3.15. The highest BCUT2D eigenvalue weighted by molar-refractivity contribution is 14.1. The van der Waals surface area contributed by atoms with Gasteiger partial charge in [-0.15, -0.1) is 0 Å². The van der Waals surface area contributed by atoms with Crippen LogP contribution in [0.25, 0.3) is 0 Å². The van der Waals surface area contributed by atoms with Crippen LogP contribution >= 0.6 is 45.2 Å². The number of nitrogens with one attached hydrogen (secondary N) is 3. The molecule has 1 heterocycles. The maximum Gasteiger partial charge on any atom is 0.338 e. The van der Waals surface area contributed by atoms with Crippen molar-refractivity contribution in [3.05, 3.63) is 72.5 Å². The largest absolute Gasteiger partial charge is 0.493 e. The molecule has 0 saturated heterocycles. The number of allylic oxidation sites excluding steroid dienone is 1. The molecule has 3 rings (SSSR count). The number of nitrogens with zero attached hydrogens (tertiary/aromatic N) is 1. The van der Waals surface area contributed by atoms with Gasteiger partial charge in [-0.1, -0.05) is 18.7 Å². The van der Waals surface area contributed by atoms with Crippen molar-refractivity contribution in [2.24, 2.45) is 5.10 Å². The molecule has 0 radical (unpaired) electrons. The third-order valence-corrected chi connectivity index (χ3v) is 6.84. The van der Waals surface area contributed by atoms with E-state index in [4.69, 9.17) is 18.9 Å². The van der Waals surface area contributed by atoms with Crippen molar-refractivity contribution in [1.82, 2.24) is 16.1 Å². The van der Waals surface area contributed by atoms with Gasteiger partial charge in [0.15, 0.2) is 18.1 Å². The highest BCUT2D eigenvalue weighted by Crippen LogP contribution is 2.34. The van der Waals surface area contributed by atoms with Gasteiger partial charge in [0.05, 0.1) is 35.1 Å². The van der Waals surface area contributed by atoms with E-state index in [0.29, 0.717) is 34.9 Å². The summed E-state index contributed by atoms with van der Waals surface area (Å²) in [6, 6.07) is 7.51. The molecule has 3 N–H and O–H groups in total. The highest BCUT2D eigenvalue weighted by Gasteiger charge is 2.32. The molecule has 2 aromatic rings. The van der Waals surface area contributed by atoms with Crippen LogP contribution in [0.5, 0.6) is 17.2 Å². The predicted octanol–water partition coefficient (Wildman–Crippen LogP) is 4.19. The number of methoxy groups -OCH3 is 1. The van der Waals surface area contributed by atoms with E-state index in [2.05, 4.69) is 72.9 Å². The number of ether oxygens (including phenoxy) is 4. The van der Waals surface area contributed by atoms with E-state index in [1.165, 1.54) is 13.3 Å². The maximum absolute atomic E-state index is 12.6. The van der Waals surface area contributed by atoms with E-state index in [-0.39, 0.29) is 24.5 Å². The first-order valence-electron chi connectivity index (χ1n) is 12.0. The summed E-state index contributed by atoms with van der Waals surface area (Å²) in [7, 11) is 1.44. The first-order valence-corrected chi connectivity index (χ1v) is 14.1. The quantitative estimate of drug-likeness (QED) is 0.0969. The molecule has 1 aliphatic rings. The third-order valence-electron chi connectivity index (χ3n) is 5.42. The van der Waals surface area contributed by atoms with E-state index in [1.807, 2.05) is 12.1 Å². The van der Waals surface area contributed by atoms with E-state index in [9.17, 15) is 14.4 Å². The smallest absolute Gasteiger partial charge is 0.338 e. The Morgan fingerprint density at radius 2 is 1.95 bits per heavy atom. The summed E-state index contributed by atoms with van der Waals surface area (Å²) in [5.74, 6) is 0.190. The summed E-state index contributed by atoms with van der Waals surface area (Å²) in [6.45, 7) is 7.18. The van der Waals surface area contributed by atoms with Crippen molar-refractivity contribution in [2.75, 3.05) is 26.9 Å². The SMILES string of the molecule is C=CCOc1c(I)cc(I)cc1/C=N/NC(=O)COc1ccc([C@@H]2NC(=O)NC(C)=C2C(=O)OCC)cc1OC. The second kappa shape index (κ2) is 14.9. The van der Waals surface area contributed by atoms with Gasteiger partial charge < -0.3 is 29.6 Å². The zero-order valence-electron chi connectivity index (χ0n) is 22.0. The second-order valence-corrected chi connectivity index (χ2v) is 10.6. The second-order valence-electron chi connectivity index (χ2n) is 8.19. The van der Waals surface area contributed by atoms with Crippen molar-refractivity contribution >= 4 is 69.3 Å². The molecule has 1 aliphatic heterocycles. The molecule has 0 bridgehead atoms. The molecule has 212 valence electrons. The Hall–Kier alpha value is -3.34. The highest BCUT2D eigenvalue weighted by atomic mass is 127. The summed E-state index contributed by atoms with van der Waals surface area (Å²) in [5, 5.41) is 9.36. The van der Waals surface area contributed by atoms with Crippen LogP contribution in [0.3, 0.4) is 0 Å². The molecule has 2 aromatic carbocycles. The lowest BCUT2D eigenvalue weighted by molar-refractivity contribution is -0.139. The van der Waals surface area contributed by atoms with E-state index < -0.39 is 23.9 Å². The average Bonchev–Trinajstić information content (AvgIpc) is 2.91. The molecule has 0 saturated carbocycles. The van der Waals surface area contributed by atoms with E-state index >= 15 is 0 Å². The Kier molecular flexibility index (Phi) is 11.6. The van der Waals surface area contributed by atoms with Gasteiger partial charge in [-0.3, -0.25) is 4.79 Å². The minimum absolute atomic E-state index is 0.187. The number of rotatable bonds is 12. The Bertz CT molecular complexity index is 1360. The summed E-state index contributed by atoms with van der Waals surface area (Å²) < 4.78 is 23.9. The number of amides is 3. The van der Waals surface area contributed by atoms with Gasteiger partial charge in [0.1, 0.15) is 12.4 Å². The monoisotopic (exact) mass is 774 g/mol. The number of benzene rings is 2. The Balaban J connectivity index is 1.70. The van der Waals surface area contributed by atoms with Crippen LogP contribution in [0.2, 0.25) is 0 Å². The lowest BCUT2D eigenvalue weighted by atomic mass is 9.95. The Morgan fingerprint density at radius 3 is 2.65 bits per heavy atom. The summed E-state index contributed by atoms with van der Waals surface area (Å²) >= 11 is 4.37. The standard InChI is InChI=1S/C27H28I2N4O7/c1-5-9-39-25-17(10-18(28)12-19(25)29)13-30-33-22(34)14-40-20-8-7-16(11-21(20)37-4)24-23(26(35)38-6-2)15(3)31-27(36)32-24/h5,7-8,10-13,24H,1,6,9,14H2,2-4H3,(H,33,34)(H2,31,32,36)/b30-13+/t24-/m0/s1. The first kappa shape index (κ1) is 31.2. The van der Waals surface area contributed by atoms with Gasteiger partial charge in [-0.05, 0) is 88.9 Å². The topological polar surface area (TPSA) is 137 Å². The number of halogens is 2. The van der Waals surface area contributed by atoms with Crippen molar-refractivity contribution in [3.8, 4) is 17.2 Å². The van der Waals surface area contributed by atoms with Gasteiger partial charge in [0, 0.05) is 14.8 Å². The molecule has 3 amide bonds. The number of carbonyl (C=O) groups excluding carboxylic acids is 3. The van der Waals surface area contributed by atoms with Crippen LogP contribution in [0, 0.1) is 7.14 Å². The zero-order valence-corrected chi connectivity index (χ0v) is 26.3. The fourth-order valence-electron chi connectivity index (χ4n) is 3.73. The maximum atomic E-state index is 12.6. The minimum Gasteiger partial charge on any atom is -0.493 e. The van der Waals surface area contributed by atoms with Crippen molar-refractivity contribution < 1.29 is 33.3 Å². The molecule has 0 aliphatic carbocycles. The molecule has 1 atom stereocenters. The molecule has 13 heteroatoms. The molecule has 40 heavy (non-hydrogen) atoms. The zero-order chi connectivity index (χ0) is 29.2. The number of hydrazone groups is 1. The van der Waals surface area contributed by atoms with Crippen molar-refractivity contribution in [3.63, 3.8) is 0 Å². The van der Waals surface area contributed by atoms with Crippen LogP contribution < -0.4 is 30.3 Å². The van der Waals surface area contributed by atoms with Crippen LogP contribution in [0.1, 0.15) is 31.0 Å². The first-order chi connectivity index (χ1) is 19.2. The van der Waals surface area contributed by atoms with Gasteiger partial charge in [-0.2, -0.15) is 5.10 Å². The van der Waals surface area contributed by atoms with Crippen LogP contribution in [0.15, 0.2) is 59.4 Å². The van der Waals surface area contributed by atoms with E-state index in [1.54, 1.807) is 38.1 Å². The number of hydrogen-bond donors (Lipinski definition) is 3. The molecule has 0 spiro atoms.